The highest BCUT2D eigenvalue weighted by molar-refractivity contribution is 7.16. The Morgan fingerprint density at radius 1 is 1.53 bits per heavy atom. The number of methoxy groups -OCH3 is 1. The molecule has 0 radical (unpaired) electrons. The van der Waals surface area contributed by atoms with Gasteiger partial charge in [-0.15, -0.1) is 11.3 Å². The second-order valence-corrected chi connectivity index (χ2v) is 6.31. The van der Waals surface area contributed by atoms with Crippen LogP contribution in [0.15, 0.2) is 12.1 Å². The van der Waals surface area contributed by atoms with Crippen molar-refractivity contribution in [3.63, 3.8) is 0 Å². The van der Waals surface area contributed by atoms with Gasteiger partial charge in [0.2, 0.25) is 0 Å². The summed E-state index contributed by atoms with van der Waals surface area (Å²) in [7, 11) is 3.81. The summed E-state index contributed by atoms with van der Waals surface area (Å²) >= 11 is 7.55. The van der Waals surface area contributed by atoms with Gasteiger partial charge < -0.3 is 10.5 Å². The number of hydrogen-bond donors (Lipinski definition) is 1. The minimum atomic E-state index is -0.0352. The van der Waals surface area contributed by atoms with Crippen LogP contribution >= 0.6 is 22.9 Å². The van der Waals surface area contributed by atoms with Crippen molar-refractivity contribution >= 4 is 22.9 Å². The van der Waals surface area contributed by atoms with E-state index in [2.05, 4.69) is 24.9 Å². The Kier molecular flexibility index (Phi) is 5.89. The standard InChI is InChI=1S/C12H21ClN2OS/c1-12(9-14,6-7-16-3)15(2)8-10-4-5-11(13)17-10/h4-5H,6-9,14H2,1-3H3. The summed E-state index contributed by atoms with van der Waals surface area (Å²) in [5, 5.41) is 0. The van der Waals surface area contributed by atoms with E-state index in [4.69, 9.17) is 22.1 Å². The molecule has 2 N–H and O–H groups in total. The van der Waals surface area contributed by atoms with Crippen molar-refractivity contribution < 1.29 is 4.74 Å². The van der Waals surface area contributed by atoms with Gasteiger partial charge in [0.25, 0.3) is 0 Å². The number of nitrogens with two attached hydrogens (primary N) is 1. The largest absolute Gasteiger partial charge is 0.385 e. The van der Waals surface area contributed by atoms with Gasteiger partial charge in [0, 0.05) is 37.2 Å². The first-order chi connectivity index (χ1) is 8.01. The zero-order chi connectivity index (χ0) is 12.9. The van der Waals surface area contributed by atoms with E-state index in [1.807, 2.05) is 6.07 Å². The maximum atomic E-state index is 5.93. The molecule has 0 aliphatic rings. The van der Waals surface area contributed by atoms with Crippen LogP contribution in [0.25, 0.3) is 0 Å². The first-order valence-electron chi connectivity index (χ1n) is 5.66. The maximum absolute atomic E-state index is 5.93. The fraction of sp³-hybridized carbons (Fsp3) is 0.667. The van der Waals surface area contributed by atoms with Gasteiger partial charge in [-0.25, -0.2) is 0 Å². The molecule has 3 nitrogen and oxygen atoms in total. The predicted octanol–water partition coefficient (Wildman–Crippen LogP) is 2.59. The highest BCUT2D eigenvalue weighted by Crippen LogP contribution is 2.25. The molecule has 0 aliphatic carbocycles. The van der Waals surface area contributed by atoms with Crippen LogP contribution in [0.4, 0.5) is 0 Å². The maximum Gasteiger partial charge on any atom is 0.0931 e. The lowest BCUT2D eigenvalue weighted by atomic mass is 9.96. The molecule has 17 heavy (non-hydrogen) atoms. The molecule has 5 heteroatoms. The Hall–Kier alpha value is -0.130. The lowest BCUT2D eigenvalue weighted by Gasteiger charge is -2.37. The highest BCUT2D eigenvalue weighted by atomic mass is 35.5. The zero-order valence-corrected chi connectivity index (χ0v) is 12.3. The van der Waals surface area contributed by atoms with Crippen LogP contribution in [0, 0.1) is 0 Å². The molecule has 1 rings (SSSR count). The quantitative estimate of drug-likeness (QED) is 0.832. The van der Waals surface area contributed by atoms with Crippen LogP contribution in [0.3, 0.4) is 0 Å². The molecule has 0 saturated heterocycles. The number of rotatable bonds is 7. The van der Waals surface area contributed by atoms with E-state index in [0.29, 0.717) is 6.54 Å². The van der Waals surface area contributed by atoms with Crippen LogP contribution < -0.4 is 5.73 Å². The van der Waals surface area contributed by atoms with Crippen molar-refractivity contribution in [1.82, 2.24) is 4.90 Å². The SMILES string of the molecule is COCCC(C)(CN)N(C)Cc1ccc(Cl)s1. The van der Waals surface area contributed by atoms with Crippen LogP contribution in [0.5, 0.6) is 0 Å². The van der Waals surface area contributed by atoms with Gasteiger partial charge in [-0.1, -0.05) is 11.6 Å². The second-order valence-electron chi connectivity index (χ2n) is 4.51. The van der Waals surface area contributed by atoms with Crippen molar-refractivity contribution in [2.75, 3.05) is 27.3 Å². The fourth-order valence-corrected chi connectivity index (χ4v) is 2.77. The molecular weight excluding hydrogens is 256 g/mol. The average Bonchev–Trinajstić information content (AvgIpc) is 2.71. The monoisotopic (exact) mass is 276 g/mol. The molecule has 1 unspecified atom stereocenters. The lowest BCUT2D eigenvalue weighted by Crippen LogP contribution is -2.49. The smallest absolute Gasteiger partial charge is 0.0931 e. The third kappa shape index (κ3) is 4.23. The summed E-state index contributed by atoms with van der Waals surface area (Å²) in [5.41, 5.74) is 5.85. The van der Waals surface area contributed by atoms with E-state index < -0.39 is 0 Å². The molecule has 0 aliphatic heterocycles. The molecule has 1 atom stereocenters. The Balaban J connectivity index is 2.62. The number of hydrogen-bond acceptors (Lipinski definition) is 4. The summed E-state index contributed by atoms with van der Waals surface area (Å²) < 4.78 is 5.98. The van der Waals surface area contributed by atoms with Gasteiger partial charge in [0.15, 0.2) is 0 Å². The third-order valence-electron chi connectivity index (χ3n) is 3.23. The Bertz CT molecular complexity index is 345. The van der Waals surface area contributed by atoms with E-state index in [1.54, 1.807) is 18.4 Å². The Morgan fingerprint density at radius 2 is 2.24 bits per heavy atom. The average molecular weight is 277 g/mol. The van der Waals surface area contributed by atoms with Gasteiger partial charge in [0.1, 0.15) is 0 Å². The van der Waals surface area contributed by atoms with E-state index in [9.17, 15) is 0 Å². The number of nitrogens with zero attached hydrogens (tertiary/aromatic N) is 1. The van der Waals surface area contributed by atoms with Gasteiger partial charge in [-0.05, 0) is 32.5 Å². The fourth-order valence-electron chi connectivity index (χ4n) is 1.63. The molecular formula is C12H21ClN2OS. The molecule has 98 valence electrons. The van der Waals surface area contributed by atoms with Crippen LogP contribution in [-0.2, 0) is 11.3 Å². The number of likely N-dealkylation sites (N-methyl/N-ethyl adjacent to an activating group) is 1. The van der Waals surface area contributed by atoms with Crippen molar-refractivity contribution in [2.24, 2.45) is 5.73 Å². The van der Waals surface area contributed by atoms with Crippen molar-refractivity contribution in [1.29, 1.82) is 0 Å². The molecule has 1 aromatic heterocycles. The minimum Gasteiger partial charge on any atom is -0.385 e. The summed E-state index contributed by atoms with van der Waals surface area (Å²) in [5.74, 6) is 0. The first kappa shape index (κ1) is 14.9. The number of ether oxygens (including phenoxy) is 1. The normalized spacial score (nSPS) is 15.2. The molecule has 0 bridgehead atoms. The van der Waals surface area contributed by atoms with Crippen LogP contribution in [0.2, 0.25) is 4.34 Å². The molecule has 1 heterocycles. The lowest BCUT2D eigenvalue weighted by molar-refractivity contribution is 0.0846. The number of halogens is 1. The predicted molar refractivity (Wildman–Crippen MR) is 74.7 cm³/mol. The highest BCUT2D eigenvalue weighted by Gasteiger charge is 2.27. The summed E-state index contributed by atoms with van der Waals surface area (Å²) in [6, 6.07) is 4.00. The molecule has 0 fully saturated rings. The van der Waals surface area contributed by atoms with E-state index in [1.165, 1.54) is 4.88 Å². The Morgan fingerprint density at radius 3 is 2.71 bits per heavy atom. The minimum absolute atomic E-state index is 0.0352. The van der Waals surface area contributed by atoms with E-state index in [-0.39, 0.29) is 5.54 Å². The van der Waals surface area contributed by atoms with Gasteiger partial charge in [-0.3, -0.25) is 4.90 Å². The van der Waals surface area contributed by atoms with Crippen LogP contribution in [-0.4, -0.2) is 37.7 Å². The van der Waals surface area contributed by atoms with E-state index >= 15 is 0 Å². The molecule has 0 spiro atoms. The van der Waals surface area contributed by atoms with E-state index in [0.717, 1.165) is 23.9 Å². The second kappa shape index (κ2) is 6.71. The Labute approximate surface area is 113 Å². The zero-order valence-electron chi connectivity index (χ0n) is 10.7. The summed E-state index contributed by atoms with van der Waals surface area (Å²) in [6.07, 6.45) is 0.926. The van der Waals surface area contributed by atoms with Crippen molar-refractivity contribution in [3.05, 3.63) is 21.3 Å². The number of thiophene rings is 1. The summed E-state index contributed by atoms with van der Waals surface area (Å²) in [4.78, 5) is 3.53. The van der Waals surface area contributed by atoms with Gasteiger partial charge in [-0.2, -0.15) is 0 Å². The third-order valence-corrected chi connectivity index (χ3v) is 4.44. The van der Waals surface area contributed by atoms with Crippen LogP contribution in [0.1, 0.15) is 18.2 Å². The molecule has 0 saturated carbocycles. The molecule has 0 aromatic carbocycles. The van der Waals surface area contributed by atoms with Crippen molar-refractivity contribution in [2.45, 2.75) is 25.4 Å². The topological polar surface area (TPSA) is 38.5 Å². The summed E-state index contributed by atoms with van der Waals surface area (Å²) in [6.45, 7) is 4.38. The molecule has 1 aromatic rings. The van der Waals surface area contributed by atoms with Gasteiger partial charge >= 0.3 is 0 Å². The van der Waals surface area contributed by atoms with Crippen molar-refractivity contribution in [3.8, 4) is 0 Å². The van der Waals surface area contributed by atoms with Gasteiger partial charge in [0.05, 0.1) is 4.34 Å². The molecule has 0 amide bonds. The first-order valence-corrected chi connectivity index (χ1v) is 6.86.